The van der Waals surface area contributed by atoms with Crippen LogP contribution in [0.1, 0.15) is 5.56 Å². The highest BCUT2D eigenvalue weighted by Gasteiger charge is 2.04. The molecule has 0 fully saturated rings. The van der Waals surface area contributed by atoms with E-state index in [-0.39, 0.29) is 5.69 Å². The lowest BCUT2D eigenvalue weighted by atomic mass is 10.2. The van der Waals surface area contributed by atoms with Crippen LogP contribution in [0, 0.1) is 17.0 Å². The van der Waals surface area contributed by atoms with Crippen LogP contribution >= 0.6 is 0 Å². The van der Waals surface area contributed by atoms with Crippen molar-refractivity contribution >= 4 is 11.4 Å². The van der Waals surface area contributed by atoms with Crippen LogP contribution in [0.15, 0.2) is 48.5 Å². The molecule has 0 atom stereocenters. The number of non-ortho nitro benzene ring substituents is 1. The van der Waals surface area contributed by atoms with Gasteiger partial charge in [0.1, 0.15) is 12.4 Å². The summed E-state index contributed by atoms with van der Waals surface area (Å²) in [5.74, 6) is 0.825. The molecule has 0 spiro atoms. The van der Waals surface area contributed by atoms with Crippen LogP contribution in [-0.4, -0.2) is 18.1 Å². The number of aryl methyl sites for hydroxylation is 1. The number of benzene rings is 2. The minimum Gasteiger partial charge on any atom is -0.492 e. The second kappa shape index (κ2) is 6.56. The van der Waals surface area contributed by atoms with Crippen molar-refractivity contribution in [1.82, 2.24) is 0 Å². The van der Waals surface area contributed by atoms with Crippen molar-refractivity contribution < 1.29 is 9.66 Å². The first-order chi connectivity index (χ1) is 9.65. The monoisotopic (exact) mass is 272 g/mol. The van der Waals surface area contributed by atoms with Gasteiger partial charge in [-0.15, -0.1) is 0 Å². The lowest BCUT2D eigenvalue weighted by Crippen LogP contribution is -2.11. The van der Waals surface area contributed by atoms with E-state index in [1.165, 1.54) is 12.1 Å². The molecule has 1 N–H and O–H groups in total. The zero-order valence-corrected chi connectivity index (χ0v) is 11.2. The maximum atomic E-state index is 10.7. The highest BCUT2D eigenvalue weighted by atomic mass is 16.6. The minimum absolute atomic E-state index is 0.0783. The van der Waals surface area contributed by atoms with E-state index in [1.54, 1.807) is 12.1 Å². The number of hydrogen-bond acceptors (Lipinski definition) is 4. The van der Waals surface area contributed by atoms with E-state index in [9.17, 15) is 10.1 Å². The zero-order valence-electron chi connectivity index (χ0n) is 11.2. The summed E-state index contributed by atoms with van der Waals surface area (Å²) in [6.07, 6.45) is 0. The summed E-state index contributed by atoms with van der Waals surface area (Å²) in [4.78, 5) is 10.2. The first kappa shape index (κ1) is 13.9. The molecule has 0 amide bonds. The number of nitro benzene ring substituents is 1. The lowest BCUT2D eigenvalue weighted by Gasteiger charge is -2.09. The van der Waals surface area contributed by atoms with Crippen molar-refractivity contribution in [2.45, 2.75) is 6.92 Å². The molecule has 0 aromatic heterocycles. The number of hydrogen-bond donors (Lipinski definition) is 1. The number of nitrogens with zero attached hydrogens (tertiary/aromatic N) is 1. The molecule has 20 heavy (non-hydrogen) atoms. The Bertz CT molecular complexity index is 599. The van der Waals surface area contributed by atoms with E-state index in [0.29, 0.717) is 18.8 Å². The molecular weight excluding hydrogens is 256 g/mol. The predicted octanol–water partition coefficient (Wildman–Crippen LogP) is 3.39. The molecule has 0 saturated heterocycles. The van der Waals surface area contributed by atoms with Crippen LogP contribution in [0.3, 0.4) is 0 Å². The third-order valence-corrected chi connectivity index (χ3v) is 2.75. The smallest absolute Gasteiger partial charge is 0.271 e. The zero-order chi connectivity index (χ0) is 14.4. The summed E-state index contributed by atoms with van der Waals surface area (Å²) in [5.41, 5.74) is 1.94. The Balaban J connectivity index is 1.81. The van der Waals surface area contributed by atoms with Crippen LogP contribution in [-0.2, 0) is 0 Å². The van der Waals surface area contributed by atoms with Crippen LogP contribution in [0.4, 0.5) is 11.4 Å². The second-order valence-corrected chi connectivity index (χ2v) is 4.40. The van der Waals surface area contributed by atoms with Gasteiger partial charge in [0.05, 0.1) is 4.92 Å². The Hall–Kier alpha value is -2.56. The summed E-state index contributed by atoms with van der Waals surface area (Å²) in [6, 6.07) is 14.2. The molecule has 5 nitrogen and oxygen atoms in total. The second-order valence-electron chi connectivity index (χ2n) is 4.40. The highest BCUT2D eigenvalue weighted by Crippen LogP contribution is 2.17. The average molecular weight is 272 g/mol. The van der Waals surface area contributed by atoms with Gasteiger partial charge in [-0.05, 0) is 30.7 Å². The highest BCUT2D eigenvalue weighted by molar-refractivity contribution is 5.50. The van der Waals surface area contributed by atoms with Crippen LogP contribution < -0.4 is 10.1 Å². The first-order valence-electron chi connectivity index (χ1n) is 6.33. The first-order valence-corrected chi connectivity index (χ1v) is 6.33. The van der Waals surface area contributed by atoms with E-state index in [1.807, 2.05) is 31.2 Å². The topological polar surface area (TPSA) is 64.4 Å². The molecule has 104 valence electrons. The van der Waals surface area contributed by atoms with Gasteiger partial charge in [-0.1, -0.05) is 18.2 Å². The van der Waals surface area contributed by atoms with Gasteiger partial charge in [0.15, 0.2) is 0 Å². The van der Waals surface area contributed by atoms with Crippen LogP contribution in [0.5, 0.6) is 5.75 Å². The SMILES string of the molecule is Cc1cccc(OCCNc2cccc([N+](=O)[O-])c2)c1. The Morgan fingerprint density at radius 1 is 1.20 bits per heavy atom. The van der Waals surface area contributed by atoms with E-state index in [4.69, 9.17) is 4.74 Å². The van der Waals surface area contributed by atoms with Gasteiger partial charge in [-0.2, -0.15) is 0 Å². The number of rotatable bonds is 6. The Labute approximate surface area is 117 Å². The van der Waals surface area contributed by atoms with Gasteiger partial charge in [-0.25, -0.2) is 0 Å². The molecule has 5 heteroatoms. The lowest BCUT2D eigenvalue weighted by molar-refractivity contribution is -0.384. The van der Waals surface area contributed by atoms with Crippen molar-refractivity contribution in [1.29, 1.82) is 0 Å². The molecule has 0 saturated carbocycles. The van der Waals surface area contributed by atoms with E-state index in [2.05, 4.69) is 5.32 Å². The maximum absolute atomic E-state index is 10.7. The van der Waals surface area contributed by atoms with Gasteiger partial charge >= 0.3 is 0 Å². The van der Waals surface area contributed by atoms with Gasteiger partial charge in [0, 0.05) is 24.4 Å². The Kier molecular flexibility index (Phi) is 4.55. The van der Waals surface area contributed by atoms with Crippen molar-refractivity contribution in [3.8, 4) is 5.75 Å². The molecule has 0 heterocycles. The molecule has 0 aliphatic rings. The van der Waals surface area contributed by atoms with Crippen LogP contribution in [0.2, 0.25) is 0 Å². The third-order valence-electron chi connectivity index (χ3n) is 2.75. The standard InChI is InChI=1S/C15H16N2O3/c1-12-4-2-7-15(10-12)20-9-8-16-13-5-3-6-14(11-13)17(18)19/h2-7,10-11,16H,8-9H2,1H3. The van der Waals surface area contributed by atoms with Gasteiger partial charge < -0.3 is 10.1 Å². The molecular formula is C15H16N2O3. The maximum Gasteiger partial charge on any atom is 0.271 e. The molecule has 0 unspecified atom stereocenters. The van der Waals surface area contributed by atoms with E-state index >= 15 is 0 Å². The fourth-order valence-corrected chi connectivity index (χ4v) is 1.80. The Morgan fingerprint density at radius 3 is 2.75 bits per heavy atom. The van der Waals surface area contributed by atoms with Crippen molar-refractivity contribution in [2.75, 3.05) is 18.5 Å². The molecule has 0 aliphatic carbocycles. The summed E-state index contributed by atoms with van der Waals surface area (Å²) in [7, 11) is 0. The summed E-state index contributed by atoms with van der Waals surface area (Å²) in [6.45, 7) is 3.08. The van der Waals surface area contributed by atoms with Crippen molar-refractivity contribution in [3.63, 3.8) is 0 Å². The molecule has 2 aromatic rings. The molecule has 2 aromatic carbocycles. The summed E-state index contributed by atoms with van der Waals surface area (Å²) >= 11 is 0. The minimum atomic E-state index is -0.408. The fraction of sp³-hybridized carbons (Fsp3) is 0.200. The number of nitro groups is 1. The van der Waals surface area contributed by atoms with E-state index < -0.39 is 4.92 Å². The number of ether oxygens (including phenoxy) is 1. The summed E-state index contributed by atoms with van der Waals surface area (Å²) in [5, 5.41) is 13.7. The number of anilines is 1. The third kappa shape index (κ3) is 3.98. The van der Waals surface area contributed by atoms with Crippen molar-refractivity contribution in [3.05, 3.63) is 64.2 Å². The quantitative estimate of drug-likeness (QED) is 0.497. The van der Waals surface area contributed by atoms with Crippen molar-refractivity contribution in [2.24, 2.45) is 0 Å². The molecule has 0 bridgehead atoms. The molecule has 0 aliphatic heterocycles. The number of nitrogens with one attached hydrogen (secondary N) is 1. The molecule has 0 radical (unpaired) electrons. The summed E-state index contributed by atoms with van der Waals surface area (Å²) < 4.78 is 5.59. The predicted molar refractivity (Wildman–Crippen MR) is 78.3 cm³/mol. The normalized spacial score (nSPS) is 10.1. The fourth-order valence-electron chi connectivity index (χ4n) is 1.80. The van der Waals surface area contributed by atoms with Crippen LogP contribution in [0.25, 0.3) is 0 Å². The van der Waals surface area contributed by atoms with Gasteiger partial charge in [-0.3, -0.25) is 10.1 Å². The van der Waals surface area contributed by atoms with Gasteiger partial charge in [0.2, 0.25) is 0 Å². The van der Waals surface area contributed by atoms with E-state index in [0.717, 1.165) is 11.3 Å². The largest absolute Gasteiger partial charge is 0.492 e. The Morgan fingerprint density at radius 2 is 2.00 bits per heavy atom. The average Bonchev–Trinajstić information content (AvgIpc) is 2.44. The van der Waals surface area contributed by atoms with Gasteiger partial charge in [0.25, 0.3) is 5.69 Å². The molecule has 2 rings (SSSR count).